The molecule has 0 aliphatic carbocycles. The van der Waals surface area contributed by atoms with Crippen LogP contribution in [0.2, 0.25) is 0 Å². The van der Waals surface area contributed by atoms with Gasteiger partial charge in [-0.05, 0) is 24.3 Å². The summed E-state index contributed by atoms with van der Waals surface area (Å²) in [4.78, 5) is 13.1. The van der Waals surface area contributed by atoms with E-state index in [1.807, 2.05) is 36.4 Å². The molecule has 2 aromatic rings. The quantitative estimate of drug-likeness (QED) is 0.765. The Hall–Kier alpha value is -1.78. The van der Waals surface area contributed by atoms with Crippen LogP contribution in [0.1, 0.15) is 5.69 Å². The minimum absolute atomic E-state index is 0.306. The Morgan fingerprint density at radius 1 is 1.07 bits per heavy atom. The third kappa shape index (κ3) is 2.37. The number of nitrogens with two attached hydrogens (primary N) is 1. The summed E-state index contributed by atoms with van der Waals surface area (Å²) >= 11 is 0. The largest absolute Gasteiger partial charge is 0.298 e. The Labute approximate surface area is 87.7 Å². The molecule has 0 aromatic carbocycles. The van der Waals surface area contributed by atoms with E-state index in [1.54, 1.807) is 6.20 Å². The smallest absolute Gasteiger partial charge is 0.110 e. The first-order valence-electron chi connectivity index (χ1n) is 4.59. The summed E-state index contributed by atoms with van der Waals surface area (Å²) < 4.78 is 0. The molecule has 2 heterocycles. The summed E-state index contributed by atoms with van der Waals surface area (Å²) in [5.41, 5.74) is 2.46. The molecule has 0 aliphatic rings. The molecule has 0 saturated carbocycles. The average Bonchev–Trinajstić information content (AvgIpc) is 2.31. The van der Waals surface area contributed by atoms with Gasteiger partial charge in [0.2, 0.25) is 0 Å². The van der Waals surface area contributed by atoms with Crippen LogP contribution >= 0.6 is 0 Å². The highest BCUT2D eigenvalue weighted by molar-refractivity contribution is 5.53. The van der Waals surface area contributed by atoms with Gasteiger partial charge in [-0.1, -0.05) is 12.1 Å². The van der Waals surface area contributed by atoms with Crippen LogP contribution in [-0.4, -0.2) is 9.97 Å². The van der Waals surface area contributed by atoms with Crippen molar-refractivity contribution in [3.05, 3.63) is 48.3 Å². The summed E-state index contributed by atoms with van der Waals surface area (Å²) in [7, 11) is 0. The van der Waals surface area contributed by atoms with Gasteiger partial charge in [-0.3, -0.25) is 9.82 Å². The summed E-state index contributed by atoms with van der Waals surface area (Å²) in [6.07, 6.45) is 1.74. The third-order valence-electron chi connectivity index (χ3n) is 1.97. The molecule has 2 aromatic heterocycles. The van der Waals surface area contributed by atoms with Crippen molar-refractivity contribution in [3.8, 4) is 11.4 Å². The minimum atomic E-state index is 0.306. The predicted octanol–water partition coefficient (Wildman–Crippen LogP) is 1.53. The molecule has 0 atom stereocenters. The second-order valence-corrected chi connectivity index (χ2v) is 3.04. The van der Waals surface area contributed by atoms with Gasteiger partial charge in [-0.25, -0.2) is 10.9 Å². The SMILES string of the molecule is NOCc1cccc(-c2ccccn2)n1. The van der Waals surface area contributed by atoms with E-state index in [2.05, 4.69) is 14.8 Å². The van der Waals surface area contributed by atoms with Gasteiger partial charge in [-0.2, -0.15) is 0 Å². The number of rotatable bonds is 3. The molecule has 0 aliphatic heterocycles. The molecule has 2 rings (SSSR count). The maximum atomic E-state index is 4.99. The molecule has 0 spiro atoms. The zero-order chi connectivity index (χ0) is 10.5. The van der Waals surface area contributed by atoms with Crippen LogP contribution in [-0.2, 0) is 11.4 Å². The lowest BCUT2D eigenvalue weighted by Crippen LogP contribution is -2.01. The van der Waals surface area contributed by atoms with Crippen LogP contribution in [0.3, 0.4) is 0 Å². The molecule has 0 bridgehead atoms. The maximum absolute atomic E-state index is 4.99. The van der Waals surface area contributed by atoms with E-state index >= 15 is 0 Å². The van der Waals surface area contributed by atoms with Gasteiger partial charge < -0.3 is 0 Å². The molecule has 2 N–H and O–H groups in total. The van der Waals surface area contributed by atoms with Crippen LogP contribution in [0.5, 0.6) is 0 Å². The second kappa shape index (κ2) is 4.63. The van der Waals surface area contributed by atoms with Crippen LogP contribution in [0.4, 0.5) is 0 Å². The van der Waals surface area contributed by atoms with Gasteiger partial charge >= 0.3 is 0 Å². The molecule has 76 valence electrons. The van der Waals surface area contributed by atoms with Crippen molar-refractivity contribution in [3.63, 3.8) is 0 Å². The van der Waals surface area contributed by atoms with Gasteiger partial charge in [0, 0.05) is 6.20 Å². The highest BCUT2D eigenvalue weighted by atomic mass is 16.6. The minimum Gasteiger partial charge on any atom is -0.298 e. The highest BCUT2D eigenvalue weighted by Gasteiger charge is 2.00. The fraction of sp³-hybridized carbons (Fsp3) is 0.0909. The number of hydrogen-bond acceptors (Lipinski definition) is 4. The Balaban J connectivity index is 2.33. The first kappa shape index (κ1) is 9.76. The Morgan fingerprint density at radius 2 is 1.93 bits per heavy atom. The molecule has 15 heavy (non-hydrogen) atoms. The van der Waals surface area contributed by atoms with Crippen LogP contribution in [0, 0.1) is 0 Å². The lowest BCUT2D eigenvalue weighted by molar-refractivity contribution is 0.121. The van der Waals surface area contributed by atoms with Crippen molar-refractivity contribution in [2.24, 2.45) is 5.90 Å². The normalized spacial score (nSPS) is 10.2. The Bertz CT molecular complexity index is 431. The molecule has 4 heteroatoms. The fourth-order valence-corrected chi connectivity index (χ4v) is 1.30. The number of aromatic nitrogens is 2. The topological polar surface area (TPSA) is 61.0 Å². The van der Waals surface area contributed by atoms with Crippen molar-refractivity contribution in [2.45, 2.75) is 6.61 Å². The molecule has 0 amide bonds. The molecular formula is C11H11N3O. The molecular weight excluding hydrogens is 190 g/mol. The van der Waals surface area contributed by atoms with E-state index in [1.165, 1.54) is 0 Å². The monoisotopic (exact) mass is 201 g/mol. The van der Waals surface area contributed by atoms with E-state index in [0.29, 0.717) is 6.61 Å². The molecule has 4 nitrogen and oxygen atoms in total. The predicted molar refractivity (Wildman–Crippen MR) is 56.4 cm³/mol. The van der Waals surface area contributed by atoms with E-state index in [4.69, 9.17) is 5.90 Å². The summed E-state index contributed by atoms with van der Waals surface area (Å²) in [5.74, 6) is 4.99. The first-order valence-corrected chi connectivity index (χ1v) is 4.59. The molecule has 0 fully saturated rings. The molecule has 0 radical (unpaired) electrons. The van der Waals surface area contributed by atoms with E-state index in [-0.39, 0.29) is 0 Å². The maximum Gasteiger partial charge on any atom is 0.110 e. The van der Waals surface area contributed by atoms with Crippen LogP contribution in [0.25, 0.3) is 11.4 Å². The van der Waals surface area contributed by atoms with Crippen LogP contribution in [0.15, 0.2) is 42.6 Å². The Morgan fingerprint density at radius 3 is 2.67 bits per heavy atom. The number of nitrogens with zero attached hydrogens (tertiary/aromatic N) is 2. The van der Waals surface area contributed by atoms with Crippen molar-refractivity contribution < 1.29 is 4.84 Å². The zero-order valence-corrected chi connectivity index (χ0v) is 8.13. The van der Waals surface area contributed by atoms with Gasteiger partial charge in [0.1, 0.15) is 6.61 Å². The lowest BCUT2D eigenvalue weighted by atomic mass is 10.2. The second-order valence-electron chi connectivity index (χ2n) is 3.04. The van der Waals surface area contributed by atoms with Crippen molar-refractivity contribution in [2.75, 3.05) is 0 Å². The van der Waals surface area contributed by atoms with Gasteiger partial charge in [0.25, 0.3) is 0 Å². The van der Waals surface area contributed by atoms with Crippen molar-refractivity contribution in [1.29, 1.82) is 0 Å². The van der Waals surface area contributed by atoms with Gasteiger partial charge in [-0.15, -0.1) is 0 Å². The van der Waals surface area contributed by atoms with E-state index < -0.39 is 0 Å². The van der Waals surface area contributed by atoms with Gasteiger partial charge in [0.15, 0.2) is 0 Å². The summed E-state index contributed by atoms with van der Waals surface area (Å²) in [6.45, 7) is 0.306. The van der Waals surface area contributed by atoms with Crippen molar-refractivity contribution >= 4 is 0 Å². The van der Waals surface area contributed by atoms with E-state index in [9.17, 15) is 0 Å². The molecule has 0 unspecified atom stereocenters. The van der Waals surface area contributed by atoms with Crippen LogP contribution < -0.4 is 5.90 Å². The zero-order valence-electron chi connectivity index (χ0n) is 8.13. The lowest BCUT2D eigenvalue weighted by Gasteiger charge is -2.02. The average molecular weight is 201 g/mol. The first-order chi connectivity index (χ1) is 7.40. The summed E-state index contributed by atoms with van der Waals surface area (Å²) in [6, 6.07) is 11.4. The highest BCUT2D eigenvalue weighted by Crippen LogP contribution is 2.13. The third-order valence-corrected chi connectivity index (χ3v) is 1.97. The standard InChI is InChI=1S/C11H11N3O/c12-15-8-9-4-3-6-11(14-9)10-5-1-2-7-13-10/h1-7H,8,12H2. The molecule has 0 saturated heterocycles. The fourth-order valence-electron chi connectivity index (χ4n) is 1.30. The number of pyridine rings is 2. The van der Waals surface area contributed by atoms with Gasteiger partial charge in [0.05, 0.1) is 17.1 Å². The summed E-state index contributed by atoms with van der Waals surface area (Å²) in [5, 5.41) is 0. The van der Waals surface area contributed by atoms with E-state index in [0.717, 1.165) is 17.1 Å². The number of hydrogen-bond donors (Lipinski definition) is 1. The van der Waals surface area contributed by atoms with Crippen molar-refractivity contribution in [1.82, 2.24) is 9.97 Å². The Kier molecular flexibility index (Phi) is 3.02.